The lowest BCUT2D eigenvalue weighted by atomic mass is 9.69. The Labute approximate surface area is 98.4 Å². The predicted molar refractivity (Wildman–Crippen MR) is 69.1 cm³/mol. The van der Waals surface area contributed by atoms with Crippen molar-refractivity contribution in [2.75, 3.05) is 0 Å². The molecule has 0 bridgehead atoms. The maximum atomic E-state index is 2.39. The summed E-state index contributed by atoms with van der Waals surface area (Å²) in [6.07, 6.45) is 21.8. The van der Waals surface area contributed by atoms with E-state index in [-0.39, 0.29) is 0 Å². The Morgan fingerprint density at radius 3 is 2.62 bits per heavy atom. The lowest BCUT2D eigenvalue weighted by molar-refractivity contribution is 0.192. The van der Waals surface area contributed by atoms with Crippen LogP contribution in [0.3, 0.4) is 0 Å². The van der Waals surface area contributed by atoms with Crippen LogP contribution in [0, 0.1) is 11.8 Å². The van der Waals surface area contributed by atoms with E-state index in [9.17, 15) is 0 Å². The molecule has 0 amide bonds. The van der Waals surface area contributed by atoms with E-state index < -0.39 is 0 Å². The van der Waals surface area contributed by atoms with Crippen LogP contribution in [0.1, 0.15) is 38.5 Å². The molecule has 0 unspecified atom stereocenters. The molecule has 1 fully saturated rings. The first-order chi connectivity index (χ1) is 7.90. The van der Waals surface area contributed by atoms with E-state index in [0.29, 0.717) is 0 Å². The second-order valence-corrected chi connectivity index (χ2v) is 5.49. The van der Waals surface area contributed by atoms with Crippen molar-refractivity contribution in [3.8, 4) is 0 Å². The summed E-state index contributed by atoms with van der Waals surface area (Å²) >= 11 is 0. The first kappa shape index (κ1) is 10.1. The quantitative estimate of drug-likeness (QED) is 0.640. The summed E-state index contributed by atoms with van der Waals surface area (Å²) in [6, 6.07) is 0. The van der Waals surface area contributed by atoms with Gasteiger partial charge in [-0.3, -0.25) is 0 Å². The molecule has 0 heterocycles. The highest BCUT2D eigenvalue weighted by Gasteiger charge is 2.29. The minimum atomic E-state index is 0.981. The zero-order valence-electron chi connectivity index (χ0n) is 9.86. The van der Waals surface area contributed by atoms with Crippen LogP contribution in [0.15, 0.2) is 47.6 Å². The Bertz CT molecular complexity index is 373. The van der Waals surface area contributed by atoms with E-state index in [0.717, 1.165) is 11.8 Å². The monoisotopic (exact) mass is 212 g/mol. The summed E-state index contributed by atoms with van der Waals surface area (Å²) in [5.74, 6) is 1.97. The Hall–Kier alpha value is -1.04. The standard InChI is InChI=1S/C16H20/c1-2-6-13(5-1)9-15-11-16(12-15)10-14-7-3-4-8-14/h1-3,5,7-8,15-16H,4,6,9-12H2. The van der Waals surface area contributed by atoms with Crippen LogP contribution in [0.4, 0.5) is 0 Å². The van der Waals surface area contributed by atoms with Gasteiger partial charge in [0.2, 0.25) is 0 Å². The fraction of sp³-hybridized carbons (Fsp3) is 0.500. The van der Waals surface area contributed by atoms with Crippen LogP contribution in [-0.2, 0) is 0 Å². The second-order valence-electron chi connectivity index (χ2n) is 5.49. The van der Waals surface area contributed by atoms with E-state index >= 15 is 0 Å². The van der Waals surface area contributed by atoms with Crippen LogP contribution in [-0.4, -0.2) is 0 Å². The molecule has 0 aromatic rings. The first-order valence-corrected chi connectivity index (χ1v) is 6.60. The molecule has 0 saturated heterocycles. The zero-order chi connectivity index (χ0) is 10.8. The summed E-state index contributed by atoms with van der Waals surface area (Å²) in [5.41, 5.74) is 3.24. The van der Waals surface area contributed by atoms with Gasteiger partial charge in [0.25, 0.3) is 0 Å². The van der Waals surface area contributed by atoms with Gasteiger partial charge in [0.1, 0.15) is 0 Å². The van der Waals surface area contributed by atoms with Crippen molar-refractivity contribution >= 4 is 0 Å². The van der Waals surface area contributed by atoms with Crippen LogP contribution >= 0.6 is 0 Å². The van der Waals surface area contributed by atoms with E-state index in [4.69, 9.17) is 0 Å². The Morgan fingerprint density at radius 1 is 1.06 bits per heavy atom. The Morgan fingerprint density at radius 2 is 1.94 bits per heavy atom. The van der Waals surface area contributed by atoms with Crippen molar-refractivity contribution in [1.82, 2.24) is 0 Å². The van der Waals surface area contributed by atoms with Gasteiger partial charge < -0.3 is 0 Å². The highest BCUT2D eigenvalue weighted by atomic mass is 14.3. The molecule has 1 saturated carbocycles. The molecule has 3 rings (SSSR count). The summed E-state index contributed by atoms with van der Waals surface area (Å²) in [4.78, 5) is 0. The van der Waals surface area contributed by atoms with Crippen LogP contribution in [0.5, 0.6) is 0 Å². The third kappa shape index (κ3) is 2.21. The van der Waals surface area contributed by atoms with Gasteiger partial charge in [-0.05, 0) is 50.4 Å². The molecule has 0 spiro atoms. The van der Waals surface area contributed by atoms with Crippen LogP contribution < -0.4 is 0 Å². The maximum absolute atomic E-state index is 2.39. The smallest absolute Gasteiger partial charge is 0.0132 e. The summed E-state index contributed by atoms with van der Waals surface area (Å²) in [6.45, 7) is 0. The molecule has 3 aliphatic carbocycles. The summed E-state index contributed by atoms with van der Waals surface area (Å²) < 4.78 is 0. The lowest BCUT2D eigenvalue weighted by Gasteiger charge is -2.36. The number of hydrogen-bond donors (Lipinski definition) is 0. The number of allylic oxidation sites excluding steroid dienone is 8. The van der Waals surface area contributed by atoms with E-state index in [1.54, 1.807) is 11.1 Å². The van der Waals surface area contributed by atoms with Gasteiger partial charge in [-0.2, -0.15) is 0 Å². The average molecular weight is 212 g/mol. The third-order valence-electron chi connectivity index (χ3n) is 4.10. The SMILES string of the molecule is C1=CCC(CC2CC(CC3=CCC=C3)C2)=C1. The van der Waals surface area contributed by atoms with Crippen molar-refractivity contribution in [2.45, 2.75) is 38.5 Å². The molecular weight excluding hydrogens is 192 g/mol. The van der Waals surface area contributed by atoms with Gasteiger partial charge >= 0.3 is 0 Å². The highest BCUT2D eigenvalue weighted by molar-refractivity contribution is 5.27. The van der Waals surface area contributed by atoms with E-state index in [1.807, 2.05) is 0 Å². The van der Waals surface area contributed by atoms with Gasteiger partial charge in [-0.15, -0.1) is 0 Å². The van der Waals surface area contributed by atoms with Crippen molar-refractivity contribution in [3.63, 3.8) is 0 Å². The second kappa shape index (κ2) is 4.45. The molecule has 16 heavy (non-hydrogen) atoms. The molecule has 0 N–H and O–H groups in total. The van der Waals surface area contributed by atoms with Gasteiger partial charge in [0, 0.05) is 0 Å². The van der Waals surface area contributed by atoms with Gasteiger partial charge in [-0.25, -0.2) is 0 Å². The van der Waals surface area contributed by atoms with Gasteiger partial charge in [-0.1, -0.05) is 47.6 Å². The average Bonchev–Trinajstić information content (AvgIpc) is 2.85. The topological polar surface area (TPSA) is 0 Å². The minimum Gasteiger partial charge on any atom is -0.0805 e. The van der Waals surface area contributed by atoms with Crippen LogP contribution in [0.2, 0.25) is 0 Å². The zero-order valence-corrected chi connectivity index (χ0v) is 9.86. The molecule has 0 atom stereocenters. The van der Waals surface area contributed by atoms with Gasteiger partial charge in [0.15, 0.2) is 0 Å². The number of hydrogen-bond acceptors (Lipinski definition) is 0. The molecular formula is C16H20. The summed E-state index contributed by atoms with van der Waals surface area (Å²) in [7, 11) is 0. The molecule has 0 nitrogen and oxygen atoms in total. The summed E-state index contributed by atoms with van der Waals surface area (Å²) in [5, 5.41) is 0. The van der Waals surface area contributed by atoms with Gasteiger partial charge in [0.05, 0.1) is 0 Å². The van der Waals surface area contributed by atoms with E-state index in [2.05, 4.69) is 36.5 Å². The lowest BCUT2D eigenvalue weighted by Crippen LogP contribution is -2.24. The molecule has 0 aromatic heterocycles. The van der Waals surface area contributed by atoms with Crippen molar-refractivity contribution in [3.05, 3.63) is 47.6 Å². The molecule has 3 aliphatic rings. The molecule has 0 aliphatic heterocycles. The van der Waals surface area contributed by atoms with Crippen molar-refractivity contribution < 1.29 is 0 Å². The van der Waals surface area contributed by atoms with Crippen molar-refractivity contribution in [2.24, 2.45) is 11.8 Å². The minimum absolute atomic E-state index is 0.981. The number of rotatable bonds is 4. The Balaban J connectivity index is 1.39. The normalized spacial score (nSPS) is 31.5. The fourth-order valence-electron chi connectivity index (χ4n) is 3.21. The molecule has 84 valence electrons. The van der Waals surface area contributed by atoms with Crippen LogP contribution in [0.25, 0.3) is 0 Å². The van der Waals surface area contributed by atoms with Crippen molar-refractivity contribution in [1.29, 1.82) is 0 Å². The predicted octanol–water partition coefficient (Wildman–Crippen LogP) is 4.57. The third-order valence-corrected chi connectivity index (χ3v) is 4.10. The van der Waals surface area contributed by atoms with E-state index in [1.165, 1.54) is 38.5 Å². The molecule has 0 radical (unpaired) electrons. The Kier molecular flexibility index (Phi) is 2.82. The largest absolute Gasteiger partial charge is 0.0805 e. The fourth-order valence-corrected chi connectivity index (χ4v) is 3.21. The molecule has 0 aromatic carbocycles. The highest BCUT2D eigenvalue weighted by Crippen LogP contribution is 2.42. The first-order valence-electron chi connectivity index (χ1n) is 6.60. The molecule has 0 heteroatoms. The maximum Gasteiger partial charge on any atom is -0.0132 e.